The van der Waals surface area contributed by atoms with Crippen LogP contribution in [0.15, 0.2) is 81.6 Å². The van der Waals surface area contributed by atoms with Crippen molar-refractivity contribution in [2.24, 2.45) is 7.05 Å². The van der Waals surface area contributed by atoms with Crippen LogP contribution < -0.4 is 26.2 Å². The average Bonchev–Trinajstić information content (AvgIpc) is 3.77. The summed E-state index contributed by atoms with van der Waals surface area (Å²) in [5.74, 6) is 0.928. The lowest BCUT2D eigenvalue weighted by Crippen LogP contribution is -2.36. The number of hydrogen-bond acceptors (Lipinski definition) is 10. The van der Waals surface area contributed by atoms with Crippen molar-refractivity contribution in [2.75, 3.05) is 11.1 Å². The molecule has 0 bridgehead atoms. The molecule has 5 aromatic rings. The number of pyridine rings is 1. The number of aryl methyl sites for hydroxylation is 1. The molecule has 7 rings (SSSR count). The van der Waals surface area contributed by atoms with Gasteiger partial charge in [0.05, 0.1) is 17.0 Å². The molecule has 2 amide bonds. The number of unbranched alkanes of at least 4 members (excludes halogenated alkanes) is 1. The van der Waals surface area contributed by atoms with Crippen molar-refractivity contribution >= 4 is 67.2 Å². The number of nitrogens with one attached hydrogen (secondary N) is 4. The minimum atomic E-state index is -4.22. The number of sulfone groups is 1. The highest BCUT2D eigenvalue weighted by molar-refractivity contribution is 8.00. The molecule has 0 aliphatic carbocycles. The lowest BCUT2D eigenvalue weighted by Gasteiger charge is -2.16. The Bertz CT molecular complexity index is 2180. The van der Waals surface area contributed by atoms with Gasteiger partial charge in [0, 0.05) is 58.8 Å². The van der Waals surface area contributed by atoms with Crippen LogP contribution in [0.25, 0.3) is 21.9 Å². The number of fused-ring (bicyclic) bond motifs is 3. The Morgan fingerprint density at radius 3 is 2.72 bits per heavy atom. The molecule has 4 N–H and O–H groups in total. The van der Waals surface area contributed by atoms with Gasteiger partial charge in [-0.15, -0.1) is 0 Å². The number of benzene rings is 2. The first-order valence-electron chi connectivity index (χ1n) is 15.1. The van der Waals surface area contributed by atoms with Gasteiger partial charge in [0.1, 0.15) is 16.3 Å². The summed E-state index contributed by atoms with van der Waals surface area (Å²) in [5, 5.41) is 10.7. The fraction of sp³-hybridized carbons (Fsp3) is 0.281. The van der Waals surface area contributed by atoms with Crippen molar-refractivity contribution in [3.8, 4) is 5.75 Å². The molecule has 15 heteroatoms. The molecular weight excluding hydrogens is 643 g/mol. The monoisotopic (exact) mass is 673 g/mol. The predicted octanol–water partition coefficient (Wildman–Crippen LogP) is 4.02. The summed E-state index contributed by atoms with van der Waals surface area (Å²) < 4.78 is 33.7. The molecule has 47 heavy (non-hydrogen) atoms. The topological polar surface area (TPSA) is 177 Å². The van der Waals surface area contributed by atoms with E-state index in [1.165, 1.54) is 48.1 Å². The van der Waals surface area contributed by atoms with Crippen LogP contribution in [-0.2, 0) is 21.7 Å². The normalized spacial score (nSPS) is 19.0. The van der Waals surface area contributed by atoms with E-state index in [0.29, 0.717) is 17.1 Å². The van der Waals surface area contributed by atoms with E-state index < -0.39 is 26.3 Å². The number of aromatic nitrogens is 4. The largest absolute Gasteiger partial charge is 0.427 e. The standard InChI is InChI=1S/C32H31N7O6S2/c1-39-29-19(16-34-31(38-29)35-20-6-11-23-18(14-20)12-13-33-23)15-26(30(39)41)47(43,44)22-9-7-21(8-10-22)45-27(40)5-3-2-4-25-28-24(17-46-25)36-32(42)37-28/h6-16,24-25,28,33H,2-5,17H2,1H3,(H,34,35,38)(H2,36,37,42). The maximum absolute atomic E-state index is 13.5. The number of thioether (sulfide) groups is 1. The van der Waals surface area contributed by atoms with E-state index in [4.69, 9.17) is 4.74 Å². The van der Waals surface area contributed by atoms with E-state index in [9.17, 15) is 22.8 Å². The Hall–Kier alpha value is -4.89. The second-order valence-corrected chi connectivity index (χ2v) is 14.8. The molecule has 13 nitrogen and oxygen atoms in total. The number of amides is 2. The van der Waals surface area contributed by atoms with E-state index in [2.05, 4.69) is 30.9 Å². The number of hydrogen-bond donors (Lipinski definition) is 4. The average molecular weight is 674 g/mol. The molecule has 5 heterocycles. The first-order valence-corrected chi connectivity index (χ1v) is 17.6. The Labute approximate surface area is 273 Å². The van der Waals surface area contributed by atoms with Gasteiger partial charge in [-0.2, -0.15) is 16.7 Å². The number of rotatable bonds is 10. The van der Waals surface area contributed by atoms with E-state index in [1.54, 1.807) is 0 Å². The van der Waals surface area contributed by atoms with Crippen molar-refractivity contribution < 1.29 is 22.7 Å². The fourth-order valence-corrected chi connectivity index (χ4v) is 8.92. The molecule has 2 aromatic carbocycles. The number of esters is 1. The number of carbonyl (C=O) groups is 2. The van der Waals surface area contributed by atoms with Gasteiger partial charge in [-0.05, 0) is 67.4 Å². The van der Waals surface area contributed by atoms with Gasteiger partial charge in [0.2, 0.25) is 15.8 Å². The van der Waals surface area contributed by atoms with Crippen LogP contribution in [0.3, 0.4) is 0 Å². The molecule has 242 valence electrons. The van der Waals surface area contributed by atoms with Crippen molar-refractivity contribution in [1.29, 1.82) is 0 Å². The van der Waals surface area contributed by atoms with Crippen LogP contribution in [0.5, 0.6) is 5.75 Å². The van der Waals surface area contributed by atoms with Gasteiger partial charge < -0.3 is 25.7 Å². The molecule has 3 unspecified atom stereocenters. The van der Waals surface area contributed by atoms with Crippen LogP contribution in [-0.4, -0.2) is 63.0 Å². The fourth-order valence-electron chi connectivity index (χ4n) is 5.98. The third-order valence-electron chi connectivity index (χ3n) is 8.44. The van der Waals surface area contributed by atoms with Crippen molar-refractivity contribution in [3.05, 3.63) is 77.3 Å². The van der Waals surface area contributed by atoms with Crippen molar-refractivity contribution in [2.45, 2.75) is 52.8 Å². The Balaban J connectivity index is 0.988. The maximum Gasteiger partial charge on any atom is 0.315 e. The second-order valence-electron chi connectivity index (χ2n) is 11.6. The number of aromatic amines is 1. The smallest absolute Gasteiger partial charge is 0.315 e. The van der Waals surface area contributed by atoms with Gasteiger partial charge in [-0.1, -0.05) is 6.42 Å². The molecular formula is C32H31N7O6S2. The maximum atomic E-state index is 13.5. The molecule has 2 saturated heterocycles. The third kappa shape index (κ3) is 6.15. The van der Waals surface area contributed by atoms with Gasteiger partial charge in [-0.3, -0.25) is 14.2 Å². The number of ether oxygens (including phenoxy) is 1. The molecule has 2 fully saturated rings. The van der Waals surface area contributed by atoms with Crippen LogP contribution in [0.1, 0.15) is 25.7 Å². The van der Waals surface area contributed by atoms with Crippen molar-refractivity contribution in [3.63, 3.8) is 0 Å². The summed E-state index contributed by atoms with van der Waals surface area (Å²) >= 11 is 1.83. The first kappa shape index (κ1) is 30.7. The minimum Gasteiger partial charge on any atom is -0.427 e. The summed E-state index contributed by atoms with van der Waals surface area (Å²) in [7, 11) is -2.76. The molecule has 2 aliphatic rings. The van der Waals surface area contributed by atoms with E-state index >= 15 is 0 Å². The molecule has 3 atom stereocenters. The minimum absolute atomic E-state index is 0.117. The summed E-state index contributed by atoms with van der Waals surface area (Å²) in [4.78, 5) is 48.7. The molecule has 0 spiro atoms. The summed E-state index contributed by atoms with van der Waals surface area (Å²) in [6.07, 6.45) is 5.86. The van der Waals surface area contributed by atoms with E-state index in [-0.39, 0.29) is 46.8 Å². The van der Waals surface area contributed by atoms with Crippen LogP contribution in [0.4, 0.5) is 16.4 Å². The van der Waals surface area contributed by atoms with Gasteiger partial charge >= 0.3 is 12.0 Å². The van der Waals surface area contributed by atoms with E-state index in [0.717, 1.165) is 35.2 Å². The first-order chi connectivity index (χ1) is 22.7. The molecule has 3 aromatic heterocycles. The predicted molar refractivity (Wildman–Crippen MR) is 178 cm³/mol. The van der Waals surface area contributed by atoms with Crippen LogP contribution in [0, 0.1) is 0 Å². The molecule has 0 radical (unpaired) electrons. The number of anilines is 2. The zero-order valence-corrected chi connectivity index (χ0v) is 26.9. The van der Waals surface area contributed by atoms with Gasteiger partial charge in [0.25, 0.3) is 5.56 Å². The second kappa shape index (κ2) is 12.4. The lowest BCUT2D eigenvalue weighted by molar-refractivity contribution is -0.134. The summed E-state index contributed by atoms with van der Waals surface area (Å²) in [5.41, 5.74) is 1.28. The summed E-state index contributed by atoms with van der Waals surface area (Å²) in [6, 6.07) is 14.5. The zero-order valence-electron chi connectivity index (χ0n) is 25.2. The highest BCUT2D eigenvalue weighted by Crippen LogP contribution is 2.33. The number of urea groups is 1. The Morgan fingerprint density at radius 1 is 1.06 bits per heavy atom. The Morgan fingerprint density at radius 2 is 1.89 bits per heavy atom. The number of nitrogens with zero attached hydrogens (tertiary/aromatic N) is 3. The quantitative estimate of drug-likeness (QED) is 0.0733. The Kier molecular flexibility index (Phi) is 8.09. The van der Waals surface area contributed by atoms with Gasteiger partial charge in [-0.25, -0.2) is 18.2 Å². The van der Waals surface area contributed by atoms with Crippen molar-refractivity contribution in [1.82, 2.24) is 30.2 Å². The number of carbonyl (C=O) groups excluding carboxylic acids is 2. The molecule has 2 aliphatic heterocycles. The van der Waals surface area contributed by atoms with Crippen LogP contribution >= 0.6 is 11.8 Å². The lowest BCUT2D eigenvalue weighted by atomic mass is 10.0. The van der Waals surface area contributed by atoms with Crippen LogP contribution in [0.2, 0.25) is 0 Å². The zero-order chi connectivity index (χ0) is 32.7. The van der Waals surface area contributed by atoms with Gasteiger partial charge in [0.15, 0.2) is 0 Å². The third-order valence-corrected chi connectivity index (χ3v) is 11.7. The SMILES string of the molecule is Cn1c(=O)c(S(=O)(=O)c2ccc(OC(=O)CCCCC3SCC4NC(=O)NC43)cc2)cc2cnc(Nc3ccc4[nH]ccc4c3)nc21. The number of H-pyrrole nitrogens is 1. The summed E-state index contributed by atoms with van der Waals surface area (Å²) in [6.45, 7) is 0. The molecule has 0 saturated carbocycles. The highest BCUT2D eigenvalue weighted by atomic mass is 32.2. The van der Waals surface area contributed by atoms with E-state index in [1.807, 2.05) is 42.2 Å². The highest BCUT2D eigenvalue weighted by Gasteiger charge is 2.42.